The summed E-state index contributed by atoms with van der Waals surface area (Å²) in [4.78, 5) is 0. The van der Waals surface area contributed by atoms with Crippen molar-refractivity contribution in [3.8, 4) is 0 Å². The van der Waals surface area contributed by atoms with Gasteiger partial charge < -0.3 is 10.1 Å². The van der Waals surface area contributed by atoms with Gasteiger partial charge in [0.25, 0.3) is 0 Å². The molecule has 0 fully saturated rings. The van der Waals surface area contributed by atoms with Crippen LogP contribution in [0, 0.1) is 6.92 Å². The Balaban J connectivity index is 2.31. The van der Waals surface area contributed by atoms with Gasteiger partial charge in [0.05, 0.1) is 23.0 Å². The van der Waals surface area contributed by atoms with Crippen molar-refractivity contribution in [1.82, 2.24) is 15.1 Å². The van der Waals surface area contributed by atoms with Gasteiger partial charge in [-0.1, -0.05) is 25.4 Å². The van der Waals surface area contributed by atoms with Crippen molar-refractivity contribution in [1.29, 1.82) is 0 Å². The van der Waals surface area contributed by atoms with Crippen LogP contribution in [0.5, 0.6) is 0 Å². The summed E-state index contributed by atoms with van der Waals surface area (Å²) in [5, 5.41) is 8.45. The van der Waals surface area contributed by atoms with E-state index < -0.39 is 0 Å². The van der Waals surface area contributed by atoms with Gasteiger partial charge in [-0.05, 0) is 26.8 Å². The summed E-state index contributed by atoms with van der Waals surface area (Å²) < 4.78 is 7.56. The maximum absolute atomic E-state index is 6.20. The number of nitrogens with zero attached hydrogens (tertiary/aromatic N) is 2. The highest BCUT2D eigenvalue weighted by Gasteiger charge is 2.12. The van der Waals surface area contributed by atoms with Crippen LogP contribution in [0.3, 0.4) is 0 Å². The quantitative estimate of drug-likeness (QED) is 0.741. The monoisotopic (exact) mass is 273 g/mol. The lowest BCUT2D eigenvalue weighted by Crippen LogP contribution is -2.24. The minimum absolute atomic E-state index is 0.531. The van der Waals surface area contributed by atoms with Gasteiger partial charge in [0.2, 0.25) is 0 Å². The number of aryl methyl sites for hydroxylation is 2. The van der Waals surface area contributed by atoms with Crippen molar-refractivity contribution in [2.75, 3.05) is 13.2 Å². The smallest absolute Gasteiger partial charge is 0.0900 e. The summed E-state index contributed by atoms with van der Waals surface area (Å²) in [5.41, 5.74) is 1.85. The first-order valence-corrected chi connectivity index (χ1v) is 6.97. The van der Waals surface area contributed by atoms with E-state index in [1.807, 2.05) is 11.6 Å². The van der Waals surface area contributed by atoms with E-state index in [1.165, 1.54) is 0 Å². The van der Waals surface area contributed by atoms with Gasteiger partial charge in [-0.15, -0.1) is 0 Å². The first-order valence-electron chi connectivity index (χ1n) is 6.59. The predicted molar refractivity (Wildman–Crippen MR) is 75.1 cm³/mol. The van der Waals surface area contributed by atoms with Crippen LogP contribution < -0.4 is 5.32 Å². The summed E-state index contributed by atoms with van der Waals surface area (Å²) >= 11 is 6.20. The van der Waals surface area contributed by atoms with Gasteiger partial charge in [-0.25, -0.2) is 0 Å². The maximum atomic E-state index is 6.20. The third-order valence-electron chi connectivity index (χ3n) is 2.71. The van der Waals surface area contributed by atoms with E-state index in [0.717, 1.165) is 42.5 Å². The van der Waals surface area contributed by atoms with Crippen molar-refractivity contribution in [3.63, 3.8) is 0 Å². The summed E-state index contributed by atoms with van der Waals surface area (Å²) in [7, 11) is 0. The van der Waals surface area contributed by atoms with Gasteiger partial charge in [0, 0.05) is 19.2 Å². The summed E-state index contributed by atoms with van der Waals surface area (Å²) in [6.45, 7) is 11.3. The van der Waals surface area contributed by atoms with Gasteiger partial charge in [0.15, 0.2) is 0 Å². The molecule has 0 spiro atoms. The summed E-state index contributed by atoms with van der Waals surface area (Å²) in [5.74, 6) is 0. The number of nitrogens with one attached hydrogen (secondary N) is 1. The minimum atomic E-state index is 0.531. The van der Waals surface area contributed by atoms with Crippen molar-refractivity contribution in [2.24, 2.45) is 0 Å². The third kappa shape index (κ3) is 4.59. The van der Waals surface area contributed by atoms with Crippen molar-refractivity contribution < 1.29 is 4.74 Å². The molecular weight excluding hydrogens is 250 g/mol. The van der Waals surface area contributed by atoms with Crippen LogP contribution in [0.2, 0.25) is 5.02 Å². The van der Waals surface area contributed by atoms with Crippen molar-refractivity contribution in [2.45, 2.75) is 53.3 Å². The second-order valence-corrected chi connectivity index (χ2v) is 5.05. The fourth-order valence-electron chi connectivity index (χ4n) is 1.74. The standard InChI is InChI=1S/C13H24ClN3O/c1-5-17-12(13(14)11(4)16-17)9-18-8-6-7-15-10(2)3/h10,15H,5-9H2,1-4H3. The van der Waals surface area contributed by atoms with E-state index >= 15 is 0 Å². The van der Waals surface area contributed by atoms with Gasteiger partial charge >= 0.3 is 0 Å². The highest BCUT2D eigenvalue weighted by atomic mass is 35.5. The molecule has 0 radical (unpaired) electrons. The third-order valence-corrected chi connectivity index (χ3v) is 3.20. The molecule has 0 unspecified atom stereocenters. The van der Waals surface area contributed by atoms with Gasteiger partial charge in [-0.2, -0.15) is 5.10 Å². The van der Waals surface area contributed by atoms with Gasteiger partial charge in [-0.3, -0.25) is 4.68 Å². The zero-order valence-corrected chi connectivity index (χ0v) is 12.5. The Bertz CT molecular complexity index is 363. The van der Waals surface area contributed by atoms with Crippen LogP contribution in [0.25, 0.3) is 0 Å². The van der Waals surface area contributed by atoms with Crippen LogP contribution in [0.4, 0.5) is 0 Å². The van der Waals surface area contributed by atoms with E-state index in [2.05, 4.69) is 31.2 Å². The van der Waals surface area contributed by atoms with Crippen LogP contribution in [-0.2, 0) is 17.9 Å². The molecule has 0 aromatic carbocycles. The van der Waals surface area contributed by atoms with Crippen molar-refractivity contribution in [3.05, 3.63) is 16.4 Å². The largest absolute Gasteiger partial charge is 0.375 e. The number of hydrogen-bond donors (Lipinski definition) is 1. The Morgan fingerprint density at radius 2 is 2.17 bits per heavy atom. The second kappa shape index (κ2) is 7.77. The summed E-state index contributed by atoms with van der Waals surface area (Å²) in [6.07, 6.45) is 1.01. The molecule has 0 aliphatic heterocycles. The number of halogens is 1. The Morgan fingerprint density at radius 3 is 2.78 bits per heavy atom. The molecule has 1 heterocycles. The Labute approximate surface area is 115 Å². The summed E-state index contributed by atoms with van der Waals surface area (Å²) in [6, 6.07) is 0.531. The fourth-order valence-corrected chi connectivity index (χ4v) is 1.93. The lowest BCUT2D eigenvalue weighted by atomic mass is 10.3. The van der Waals surface area contributed by atoms with Gasteiger partial charge in [0.1, 0.15) is 0 Å². The first-order chi connectivity index (χ1) is 8.56. The SMILES string of the molecule is CCn1nc(C)c(Cl)c1COCCCNC(C)C. The van der Waals surface area contributed by atoms with Crippen LogP contribution in [0.15, 0.2) is 0 Å². The topological polar surface area (TPSA) is 39.1 Å². The van der Waals surface area contributed by atoms with E-state index in [9.17, 15) is 0 Å². The minimum Gasteiger partial charge on any atom is -0.375 e. The zero-order valence-electron chi connectivity index (χ0n) is 11.8. The molecule has 0 aliphatic carbocycles. The average Bonchev–Trinajstić information content (AvgIpc) is 2.60. The van der Waals surface area contributed by atoms with Crippen LogP contribution in [-0.4, -0.2) is 29.0 Å². The van der Waals surface area contributed by atoms with Crippen LogP contribution in [0.1, 0.15) is 38.6 Å². The fraction of sp³-hybridized carbons (Fsp3) is 0.769. The predicted octanol–water partition coefficient (Wildman–Crippen LogP) is 2.77. The molecule has 0 saturated carbocycles. The van der Waals surface area contributed by atoms with Crippen LogP contribution >= 0.6 is 11.6 Å². The van der Waals surface area contributed by atoms with E-state index in [-0.39, 0.29) is 0 Å². The molecular formula is C13H24ClN3O. The number of hydrogen-bond acceptors (Lipinski definition) is 3. The molecule has 5 heteroatoms. The highest BCUT2D eigenvalue weighted by Crippen LogP contribution is 2.20. The lowest BCUT2D eigenvalue weighted by Gasteiger charge is -2.09. The number of aromatic nitrogens is 2. The Morgan fingerprint density at radius 1 is 1.44 bits per heavy atom. The molecule has 0 aliphatic rings. The van der Waals surface area contributed by atoms with Crippen molar-refractivity contribution >= 4 is 11.6 Å². The number of rotatable bonds is 8. The number of ether oxygens (including phenoxy) is 1. The second-order valence-electron chi connectivity index (χ2n) is 4.68. The first kappa shape index (κ1) is 15.5. The molecule has 0 amide bonds. The molecule has 0 atom stereocenters. The lowest BCUT2D eigenvalue weighted by molar-refractivity contribution is 0.112. The maximum Gasteiger partial charge on any atom is 0.0900 e. The molecule has 18 heavy (non-hydrogen) atoms. The molecule has 1 aromatic rings. The molecule has 1 aromatic heterocycles. The molecule has 0 bridgehead atoms. The van der Waals surface area contributed by atoms with E-state index in [1.54, 1.807) is 0 Å². The Kier molecular flexibility index (Phi) is 6.68. The molecule has 1 N–H and O–H groups in total. The molecule has 0 saturated heterocycles. The Hall–Kier alpha value is -0.580. The zero-order chi connectivity index (χ0) is 13.5. The van der Waals surface area contributed by atoms with E-state index in [0.29, 0.717) is 12.6 Å². The molecule has 1 rings (SSSR count). The molecule has 104 valence electrons. The normalized spacial score (nSPS) is 11.4. The average molecular weight is 274 g/mol. The van der Waals surface area contributed by atoms with E-state index in [4.69, 9.17) is 16.3 Å². The highest BCUT2D eigenvalue weighted by molar-refractivity contribution is 6.31. The molecule has 4 nitrogen and oxygen atoms in total.